The van der Waals surface area contributed by atoms with E-state index in [-0.39, 0.29) is 60.9 Å². The maximum absolute atomic E-state index is 14.0. The fourth-order valence-corrected chi connectivity index (χ4v) is 23.1. The molecule has 0 spiro atoms. The summed E-state index contributed by atoms with van der Waals surface area (Å²) in [6.45, 7) is 18.6. The molecule has 0 bridgehead atoms. The molecule has 14 rings (SSSR count). The zero-order valence-electron chi connectivity index (χ0n) is 83.9. The molecule has 26 heteroatoms. The van der Waals surface area contributed by atoms with Gasteiger partial charge in [-0.05, 0) is 316 Å². The third kappa shape index (κ3) is 34.8. The van der Waals surface area contributed by atoms with E-state index >= 15 is 0 Å². The number of carbonyl (C=O) groups excluding carboxylic acids is 6. The summed E-state index contributed by atoms with van der Waals surface area (Å²) in [4.78, 5) is 86.6. The highest BCUT2D eigenvalue weighted by Gasteiger charge is 2.38. The van der Waals surface area contributed by atoms with Crippen LogP contribution in [0.15, 0.2) is 169 Å². The number of hydrogen-bond acceptors (Lipinski definition) is 26. The van der Waals surface area contributed by atoms with E-state index in [2.05, 4.69) is 70.3 Å². The monoisotopic (exact) mass is 1970 g/mol. The van der Waals surface area contributed by atoms with Crippen molar-refractivity contribution >= 4 is 102 Å². The van der Waals surface area contributed by atoms with Crippen molar-refractivity contribution in [2.75, 3.05) is 96.5 Å². The number of ether oxygens (including phenoxy) is 12. The molecule has 8 aromatic rings. The van der Waals surface area contributed by atoms with E-state index < -0.39 is 11.9 Å². The molecule has 0 aliphatic heterocycles. The molecule has 6 saturated carbocycles. The number of hydrazone groups is 2. The van der Waals surface area contributed by atoms with Crippen molar-refractivity contribution in [1.29, 1.82) is 0 Å². The summed E-state index contributed by atoms with van der Waals surface area (Å²) in [5, 5.41) is 15.6. The highest BCUT2D eigenvalue weighted by atomic mass is 32.1. The molecule has 0 radical (unpaired) electrons. The predicted molar refractivity (Wildman–Crippen MR) is 558 cm³/mol. The number of fused-ring (bicyclic) bond motifs is 2. The number of methoxy groups -OCH3 is 1. The van der Waals surface area contributed by atoms with Gasteiger partial charge in [-0.15, -0.1) is 0 Å². The van der Waals surface area contributed by atoms with Gasteiger partial charge in [-0.2, -0.15) is 10.2 Å². The zero-order valence-corrected chi connectivity index (χ0v) is 85.5. The molecule has 6 aliphatic rings. The number of nitrogens with zero attached hydrogens (tertiary/aromatic N) is 6. The van der Waals surface area contributed by atoms with E-state index in [9.17, 15) is 28.8 Å². The molecule has 0 amide bonds. The number of rotatable bonds is 53. The zero-order chi connectivity index (χ0) is 98.5. The third-order valence-electron chi connectivity index (χ3n) is 29.4. The predicted octanol–water partition coefficient (Wildman–Crippen LogP) is 26.1. The van der Waals surface area contributed by atoms with Crippen LogP contribution in [0.2, 0.25) is 0 Å². The molecule has 24 nitrogen and oxygen atoms in total. The van der Waals surface area contributed by atoms with Crippen LogP contribution in [0.1, 0.15) is 292 Å². The molecule has 6 fully saturated rings. The van der Waals surface area contributed by atoms with Crippen LogP contribution >= 0.6 is 22.7 Å². The Labute approximate surface area is 843 Å². The molecule has 0 atom stereocenters. The quantitative estimate of drug-likeness (QED) is 0.00652. The summed E-state index contributed by atoms with van der Waals surface area (Å²) in [5.74, 6) is 6.12. The first-order valence-corrected chi connectivity index (χ1v) is 54.5. The molecular weight excluding hydrogens is 1820 g/mol. The maximum Gasteiger partial charge on any atom is 0.330 e. The number of benzene rings is 6. The minimum Gasteiger partial charge on any atom is -0.494 e. The van der Waals surface area contributed by atoms with E-state index in [1.165, 1.54) is 152 Å². The summed E-state index contributed by atoms with van der Waals surface area (Å²) in [6, 6.07) is 43.0. The summed E-state index contributed by atoms with van der Waals surface area (Å²) < 4.78 is 69.7. The molecule has 2 aromatic heterocycles. The molecular formula is C115H152N6O18S2. The Morgan fingerprint density at radius 2 is 0.773 bits per heavy atom. The van der Waals surface area contributed by atoms with Crippen molar-refractivity contribution in [2.24, 2.45) is 69.4 Å². The SMILES string of the molecule is C=CC(=O)OCCCCCCOc1ccc(OC(=O)C2CCC(C(=O)Oc3ccc(C4CCC(C5CCC(CCC)CC5)CC4)cc3/C=N/N(CCOCCOC)c3nc4ccccc4s3)CC2)cc1.C=CC(=O)OCCCOCOCCOc1ccc(OC(=O)C2CCC(C(=O)Oc3ccc(C4CCC(C5CCC(CCC)CC5)CC4)cc3/C=N/N(CCCCCC)c3nc4ccccc4s3)CC2)cc1. The van der Waals surface area contributed by atoms with Gasteiger partial charge < -0.3 is 56.8 Å². The van der Waals surface area contributed by atoms with Gasteiger partial charge in [0.15, 0.2) is 0 Å². The van der Waals surface area contributed by atoms with Crippen LogP contribution in [0.3, 0.4) is 0 Å². The summed E-state index contributed by atoms with van der Waals surface area (Å²) in [5.41, 5.74) is 5.98. The Morgan fingerprint density at radius 1 is 0.376 bits per heavy atom. The molecule has 6 aromatic carbocycles. The molecule has 0 N–H and O–H groups in total. The molecule has 2 heterocycles. The molecule has 762 valence electrons. The normalized spacial score (nSPS) is 21.5. The maximum atomic E-state index is 14.0. The molecule has 141 heavy (non-hydrogen) atoms. The number of aromatic nitrogens is 2. The number of carbonyl (C=O) groups is 6. The van der Waals surface area contributed by atoms with Crippen LogP contribution in [0.25, 0.3) is 20.4 Å². The summed E-state index contributed by atoms with van der Waals surface area (Å²) >= 11 is 3.23. The van der Waals surface area contributed by atoms with E-state index in [4.69, 9.17) is 77.0 Å². The first-order chi connectivity index (χ1) is 69.1. The van der Waals surface area contributed by atoms with Crippen molar-refractivity contribution in [1.82, 2.24) is 9.97 Å². The van der Waals surface area contributed by atoms with Crippen molar-refractivity contribution in [3.63, 3.8) is 0 Å². The van der Waals surface area contributed by atoms with Crippen LogP contribution < -0.4 is 38.4 Å². The first kappa shape index (κ1) is 108. The van der Waals surface area contributed by atoms with Gasteiger partial charge in [0.2, 0.25) is 10.3 Å². The Hall–Kier alpha value is -10.2. The Kier molecular flexibility index (Phi) is 45.3. The van der Waals surface area contributed by atoms with Crippen molar-refractivity contribution in [3.05, 3.63) is 181 Å². The number of thiazole rings is 2. The second-order valence-corrected chi connectivity index (χ2v) is 41.2. The number of para-hydroxylation sites is 2. The second kappa shape index (κ2) is 59.1. The first-order valence-electron chi connectivity index (χ1n) is 52.8. The van der Waals surface area contributed by atoms with Gasteiger partial charge in [0.25, 0.3) is 0 Å². The van der Waals surface area contributed by atoms with Crippen LogP contribution in [0, 0.1) is 59.2 Å². The van der Waals surface area contributed by atoms with Gasteiger partial charge in [-0.1, -0.05) is 164 Å². The van der Waals surface area contributed by atoms with Crippen molar-refractivity contribution < 1.29 is 85.6 Å². The summed E-state index contributed by atoms with van der Waals surface area (Å²) in [6.07, 6.45) is 45.3. The lowest BCUT2D eigenvalue weighted by atomic mass is 9.68. The molecule has 0 unspecified atom stereocenters. The van der Waals surface area contributed by atoms with E-state index in [0.29, 0.717) is 164 Å². The highest BCUT2D eigenvalue weighted by Crippen LogP contribution is 2.48. The fourth-order valence-electron chi connectivity index (χ4n) is 21.2. The van der Waals surface area contributed by atoms with Gasteiger partial charge in [0, 0.05) is 43.4 Å². The lowest BCUT2D eigenvalue weighted by molar-refractivity contribution is -0.145. The Balaban J connectivity index is 0.000000237. The third-order valence-corrected chi connectivity index (χ3v) is 31.5. The topological polar surface area (TPSA) is 270 Å². The van der Waals surface area contributed by atoms with Crippen LogP contribution in [-0.2, 0) is 57.2 Å². The van der Waals surface area contributed by atoms with Crippen molar-refractivity contribution in [3.8, 4) is 34.5 Å². The van der Waals surface area contributed by atoms with E-state index in [1.54, 1.807) is 78.3 Å². The average Bonchev–Trinajstić information content (AvgIpc) is 1.43. The van der Waals surface area contributed by atoms with Gasteiger partial charge in [-0.25, -0.2) is 29.6 Å². The fraction of sp³-hybridized carbons (Fsp3) is 0.565. The number of hydrogen-bond donors (Lipinski definition) is 0. The second-order valence-electron chi connectivity index (χ2n) is 39.2. The van der Waals surface area contributed by atoms with Gasteiger partial charge in [0.05, 0.1) is 116 Å². The number of unbranched alkanes of at least 4 members (excludes halogenated alkanes) is 6. The lowest BCUT2D eigenvalue weighted by Crippen LogP contribution is -2.30. The summed E-state index contributed by atoms with van der Waals surface area (Å²) in [7, 11) is 1.66. The van der Waals surface area contributed by atoms with Gasteiger partial charge >= 0.3 is 35.8 Å². The van der Waals surface area contributed by atoms with E-state index in [1.807, 2.05) is 71.0 Å². The molecule has 6 aliphatic carbocycles. The lowest BCUT2D eigenvalue weighted by Gasteiger charge is -2.38. The largest absolute Gasteiger partial charge is 0.494 e. The standard InChI is InChI=1S/C58H77N3O9S.C57H75N3O9S/c1-4-7-8-11-34-61(58-60-52-14-9-10-15-54(52)71-58)59-40-49-39-48(45-22-20-44(21-23-45)43-18-16-42(13-5-2)17-19-43)28-33-53(49)70-57(64)47-26-24-46(25-27-47)56(63)69-51-31-29-50(30-32-51)67-38-37-66-41-65-35-12-36-68-55(62)6-3;1-4-12-41-15-17-42(18-16-41)43-19-21-44(22-20-43)47-27-32-52(48(39-47)40-58-60(33-36-65-38-37-64-3)57-59-51-13-8-9-14-53(51)70-57)69-56(63)46-25-23-45(24-26-46)55(62)68-50-30-28-49(29-31-50)66-34-10-6-7-11-35-67-54(61)5-2/h6,9-10,14-15,28-33,39-40,42-47H,3-5,7-8,11-13,16-27,34-38,41H2,1-2H3;5,8-9,13-14,27-32,39-46H,2,4,6-7,10-12,15-26,33-38H2,1,3H3/b59-40+;58-40+. The van der Waals surface area contributed by atoms with E-state index in [0.717, 1.165) is 135 Å². The van der Waals surface area contributed by atoms with Gasteiger partial charge in [-0.3, -0.25) is 19.2 Å². The molecule has 0 saturated heterocycles. The van der Waals surface area contributed by atoms with Crippen molar-refractivity contribution in [2.45, 2.75) is 270 Å². The number of anilines is 2. The van der Waals surface area contributed by atoms with Gasteiger partial charge in [0.1, 0.15) is 47.9 Å². The Bertz CT molecular complexity index is 5140. The Morgan fingerprint density at radius 3 is 1.21 bits per heavy atom. The smallest absolute Gasteiger partial charge is 0.330 e. The highest BCUT2D eigenvalue weighted by molar-refractivity contribution is 7.22. The van der Waals surface area contributed by atoms with Crippen LogP contribution in [0.5, 0.6) is 34.5 Å². The minimum atomic E-state index is -0.453. The average molecular weight is 1970 g/mol. The van der Waals surface area contributed by atoms with Crippen LogP contribution in [-0.4, -0.2) is 145 Å². The number of esters is 6. The minimum absolute atomic E-state index is 0.104. The van der Waals surface area contributed by atoms with Crippen LogP contribution in [0.4, 0.5) is 10.3 Å².